The van der Waals surface area contributed by atoms with Gasteiger partial charge >= 0.3 is 0 Å². The number of hydrogen-bond acceptors (Lipinski definition) is 1. The normalized spacial score (nSPS) is 16.9. The monoisotopic (exact) mass is 259 g/mol. The van der Waals surface area contributed by atoms with Crippen molar-refractivity contribution in [3.63, 3.8) is 0 Å². The van der Waals surface area contributed by atoms with Gasteiger partial charge in [-0.25, -0.2) is 0 Å². The van der Waals surface area contributed by atoms with Crippen LogP contribution in [-0.4, -0.2) is 28.7 Å². The Morgan fingerprint density at radius 3 is 2.64 bits per heavy atom. The largest absolute Gasteiger partial charge is 0.336 e. The molecule has 1 amide bonds. The van der Waals surface area contributed by atoms with Crippen molar-refractivity contribution >= 4 is 21.8 Å². The zero-order valence-corrected chi connectivity index (χ0v) is 10.1. The number of halogens is 1. The van der Waals surface area contributed by atoms with Gasteiger partial charge in [-0.05, 0) is 12.8 Å². The van der Waals surface area contributed by atoms with Crippen LogP contribution in [0, 0.1) is 0 Å². The van der Waals surface area contributed by atoms with Crippen LogP contribution in [-0.2, 0) is 4.79 Å². The summed E-state index contributed by atoms with van der Waals surface area (Å²) in [7, 11) is 0. The molecule has 0 saturated heterocycles. The summed E-state index contributed by atoms with van der Waals surface area (Å²) in [6.07, 6.45) is 7.29. The summed E-state index contributed by atoms with van der Waals surface area (Å²) in [5.74, 6) is 0.258. The summed E-state index contributed by atoms with van der Waals surface area (Å²) in [5.41, 5.74) is 0. The smallest absolute Gasteiger partial charge is 0.223 e. The molecule has 3 heteroatoms. The van der Waals surface area contributed by atoms with Crippen LogP contribution in [0.3, 0.4) is 0 Å². The van der Waals surface area contributed by atoms with Crippen molar-refractivity contribution < 1.29 is 4.79 Å². The van der Waals surface area contributed by atoms with Gasteiger partial charge in [0.2, 0.25) is 5.91 Å². The lowest BCUT2D eigenvalue weighted by molar-refractivity contribution is -0.132. The van der Waals surface area contributed by atoms with Crippen LogP contribution in [0.4, 0.5) is 0 Å². The molecule has 0 bridgehead atoms. The molecule has 80 valence electrons. The Balaban J connectivity index is 2.52. The minimum absolute atomic E-state index is 0.258. The van der Waals surface area contributed by atoms with Crippen LogP contribution >= 0.6 is 15.9 Å². The average Bonchev–Trinajstić information content (AvgIpc) is 2.67. The zero-order valence-electron chi connectivity index (χ0n) is 8.54. The predicted octanol–water partition coefficient (Wildman–Crippen LogP) is 2.73. The third-order valence-electron chi connectivity index (χ3n) is 2.72. The average molecular weight is 260 g/mol. The van der Waals surface area contributed by atoms with Crippen molar-refractivity contribution in [3.05, 3.63) is 12.7 Å². The van der Waals surface area contributed by atoms with Gasteiger partial charge in [0.05, 0.1) is 0 Å². The van der Waals surface area contributed by atoms with Crippen LogP contribution in [0.25, 0.3) is 0 Å². The van der Waals surface area contributed by atoms with E-state index in [1.54, 1.807) is 0 Å². The lowest BCUT2D eigenvalue weighted by Gasteiger charge is -2.27. The number of carbonyl (C=O) groups is 1. The number of amides is 1. The second kappa shape index (κ2) is 6.23. The first-order valence-corrected chi connectivity index (χ1v) is 6.38. The van der Waals surface area contributed by atoms with E-state index in [9.17, 15) is 4.79 Å². The Morgan fingerprint density at radius 1 is 1.50 bits per heavy atom. The second-order valence-corrected chi connectivity index (χ2v) is 4.51. The summed E-state index contributed by atoms with van der Waals surface area (Å²) in [4.78, 5) is 13.8. The topological polar surface area (TPSA) is 20.3 Å². The molecule has 0 aromatic rings. The lowest BCUT2D eigenvalue weighted by atomic mass is 10.2. The Kier molecular flexibility index (Phi) is 5.23. The van der Waals surface area contributed by atoms with Gasteiger partial charge in [-0.3, -0.25) is 4.79 Å². The third-order valence-corrected chi connectivity index (χ3v) is 3.12. The number of hydrogen-bond donors (Lipinski definition) is 0. The van der Waals surface area contributed by atoms with E-state index in [1.165, 1.54) is 25.7 Å². The van der Waals surface area contributed by atoms with Gasteiger partial charge in [0.15, 0.2) is 0 Å². The van der Waals surface area contributed by atoms with E-state index in [0.717, 1.165) is 5.33 Å². The Bertz CT molecular complexity index is 199. The maximum Gasteiger partial charge on any atom is 0.223 e. The molecule has 14 heavy (non-hydrogen) atoms. The summed E-state index contributed by atoms with van der Waals surface area (Å²) in [5, 5.41) is 0.756. The standard InChI is InChI=1S/C11H18BrNO/c1-2-9-13(11(14)7-8-12)10-5-3-4-6-10/h2,10H,1,3-9H2. The van der Waals surface area contributed by atoms with Crippen molar-refractivity contribution in [2.75, 3.05) is 11.9 Å². The van der Waals surface area contributed by atoms with Crippen LogP contribution < -0.4 is 0 Å². The second-order valence-electron chi connectivity index (χ2n) is 3.71. The van der Waals surface area contributed by atoms with Gasteiger partial charge in [0.25, 0.3) is 0 Å². The molecule has 0 aromatic heterocycles. The first-order chi connectivity index (χ1) is 6.79. The van der Waals surface area contributed by atoms with Crippen molar-refractivity contribution in [2.24, 2.45) is 0 Å². The molecule has 0 aliphatic heterocycles. The third kappa shape index (κ3) is 3.12. The molecule has 0 radical (unpaired) electrons. The number of alkyl halides is 1. The van der Waals surface area contributed by atoms with Gasteiger partial charge in [-0.15, -0.1) is 6.58 Å². The van der Waals surface area contributed by atoms with Crippen LogP contribution in [0.2, 0.25) is 0 Å². The van der Waals surface area contributed by atoms with Crippen molar-refractivity contribution in [1.29, 1.82) is 0 Å². The van der Waals surface area contributed by atoms with Crippen molar-refractivity contribution in [3.8, 4) is 0 Å². The minimum Gasteiger partial charge on any atom is -0.336 e. The molecule has 0 N–H and O–H groups in total. The fourth-order valence-electron chi connectivity index (χ4n) is 2.03. The van der Waals surface area contributed by atoms with Crippen molar-refractivity contribution in [1.82, 2.24) is 4.90 Å². The van der Waals surface area contributed by atoms with E-state index in [0.29, 0.717) is 19.0 Å². The van der Waals surface area contributed by atoms with E-state index in [4.69, 9.17) is 0 Å². The van der Waals surface area contributed by atoms with Gasteiger partial charge in [-0.2, -0.15) is 0 Å². The first kappa shape index (κ1) is 11.8. The summed E-state index contributed by atoms with van der Waals surface area (Å²) in [6, 6.07) is 0.472. The fraction of sp³-hybridized carbons (Fsp3) is 0.727. The van der Waals surface area contributed by atoms with Gasteiger partial charge in [0.1, 0.15) is 0 Å². The predicted molar refractivity (Wildman–Crippen MR) is 62.6 cm³/mol. The quantitative estimate of drug-likeness (QED) is 0.549. The molecule has 1 rings (SSSR count). The van der Waals surface area contributed by atoms with Crippen LogP contribution in [0.5, 0.6) is 0 Å². The molecule has 0 atom stereocenters. The summed E-state index contributed by atoms with van der Waals surface area (Å²) >= 11 is 3.30. The summed E-state index contributed by atoms with van der Waals surface area (Å²) < 4.78 is 0. The zero-order chi connectivity index (χ0) is 10.4. The lowest BCUT2D eigenvalue weighted by Crippen LogP contribution is -2.38. The molecule has 1 aliphatic carbocycles. The highest BCUT2D eigenvalue weighted by Crippen LogP contribution is 2.24. The molecule has 1 fully saturated rings. The molecular weight excluding hydrogens is 242 g/mol. The molecule has 0 unspecified atom stereocenters. The molecule has 2 nitrogen and oxygen atoms in total. The molecular formula is C11H18BrNO. The van der Waals surface area contributed by atoms with Crippen LogP contribution in [0.1, 0.15) is 32.1 Å². The van der Waals surface area contributed by atoms with Gasteiger partial charge in [0, 0.05) is 24.3 Å². The molecule has 1 saturated carbocycles. The van der Waals surface area contributed by atoms with E-state index >= 15 is 0 Å². The van der Waals surface area contributed by atoms with E-state index in [-0.39, 0.29) is 5.91 Å². The van der Waals surface area contributed by atoms with E-state index in [2.05, 4.69) is 22.5 Å². The van der Waals surface area contributed by atoms with E-state index < -0.39 is 0 Å². The SMILES string of the molecule is C=CCN(C(=O)CCBr)C1CCCC1. The summed E-state index contributed by atoms with van der Waals surface area (Å²) in [6.45, 7) is 4.41. The molecule has 1 aliphatic rings. The van der Waals surface area contributed by atoms with E-state index in [1.807, 2.05) is 11.0 Å². The van der Waals surface area contributed by atoms with Crippen LogP contribution in [0.15, 0.2) is 12.7 Å². The highest BCUT2D eigenvalue weighted by atomic mass is 79.9. The van der Waals surface area contributed by atoms with Gasteiger partial charge < -0.3 is 4.90 Å². The Labute approximate surface area is 94.5 Å². The number of carbonyl (C=O) groups excluding carboxylic acids is 1. The highest BCUT2D eigenvalue weighted by molar-refractivity contribution is 9.09. The number of rotatable bonds is 5. The Morgan fingerprint density at radius 2 is 2.14 bits per heavy atom. The first-order valence-electron chi connectivity index (χ1n) is 5.26. The maximum absolute atomic E-state index is 11.8. The molecule has 0 spiro atoms. The minimum atomic E-state index is 0.258. The Hall–Kier alpha value is -0.310. The molecule has 0 heterocycles. The maximum atomic E-state index is 11.8. The number of nitrogens with zero attached hydrogens (tertiary/aromatic N) is 1. The molecule has 0 aromatic carbocycles. The van der Waals surface area contributed by atoms with Crippen molar-refractivity contribution in [2.45, 2.75) is 38.1 Å². The highest BCUT2D eigenvalue weighted by Gasteiger charge is 2.24. The fourth-order valence-corrected chi connectivity index (χ4v) is 2.37. The van der Waals surface area contributed by atoms with Gasteiger partial charge in [-0.1, -0.05) is 34.8 Å².